The molecule has 0 saturated heterocycles. The Hall–Kier alpha value is -1.58. The first-order valence-corrected chi connectivity index (χ1v) is 7.52. The van der Waals surface area contributed by atoms with Gasteiger partial charge in [-0.2, -0.15) is 0 Å². The second-order valence-electron chi connectivity index (χ2n) is 4.55. The number of aliphatic imine (C=N–C) groups is 1. The zero-order valence-corrected chi connectivity index (χ0v) is 12.9. The van der Waals surface area contributed by atoms with Crippen molar-refractivity contribution >= 4 is 60.6 Å². The molecule has 0 atom stereocenters. The lowest BCUT2D eigenvalue weighted by atomic mass is 10.0. The zero-order chi connectivity index (χ0) is 14.1. The number of rotatable bonds is 2. The molecule has 0 aliphatic rings. The van der Waals surface area contributed by atoms with E-state index in [1.807, 2.05) is 30.3 Å². The fraction of sp³-hybridized carbons (Fsp3) is 0.0625. The molecule has 0 aliphatic heterocycles. The number of hydrogen-bond donors (Lipinski definition) is 1. The normalized spacial score (nSPS) is 12.2. The van der Waals surface area contributed by atoms with Gasteiger partial charge in [-0.25, -0.2) is 4.99 Å². The van der Waals surface area contributed by atoms with Crippen LogP contribution in [-0.2, 0) is 0 Å². The molecule has 0 aliphatic carbocycles. The van der Waals surface area contributed by atoms with E-state index in [4.69, 9.17) is 17.3 Å². The van der Waals surface area contributed by atoms with Gasteiger partial charge < -0.3 is 5.73 Å². The molecule has 0 amide bonds. The van der Waals surface area contributed by atoms with Crippen molar-refractivity contribution in [1.29, 1.82) is 0 Å². The first kappa shape index (κ1) is 13.4. The molecule has 0 unspecified atom stereocenters. The van der Waals surface area contributed by atoms with Crippen molar-refractivity contribution in [3.05, 3.63) is 53.0 Å². The summed E-state index contributed by atoms with van der Waals surface area (Å²) in [6, 6.07) is 16.4. The van der Waals surface area contributed by atoms with Gasteiger partial charge in [-0.15, -0.1) is 11.6 Å². The average molecular weight is 348 g/mol. The molecule has 100 valence electrons. The van der Waals surface area contributed by atoms with Crippen molar-refractivity contribution in [2.45, 2.75) is 0 Å². The highest BCUT2D eigenvalue weighted by molar-refractivity contribution is 9.10. The maximum absolute atomic E-state index is 5.70. The number of amidine groups is 1. The lowest BCUT2D eigenvalue weighted by Gasteiger charge is -2.07. The van der Waals surface area contributed by atoms with E-state index in [1.165, 1.54) is 16.2 Å². The molecule has 4 heteroatoms. The van der Waals surface area contributed by atoms with Crippen LogP contribution < -0.4 is 5.73 Å². The highest BCUT2D eigenvalue weighted by atomic mass is 79.9. The predicted molar refractivity (Wildman–Crippen MR) is 91.2 cm³/mol. The third-order valence-electron chi connectivity index (χ3n) is 3.20. The maximum Gasteiger partial charge on any atom is 0.115 e. The molecule has 3 aromatic rings. The van der Waals surface area contributed by atoms with Crippen LogP contribution in [0.3, 0.4) is 0 Å². The summed E-state index contributed by atoms with van der Waals surface area (Å²) in [4.78, 5) is 4.31. The van der Waals surface area contributed by atoms with E-state index in [-0.39, 0.29) is 5.88 Å². The minimum atomic E-state index is 0.235. The van der Waals surface area contributed by atoms with Crippen LogP contribution in [-0.4, -0.2) is 11.7 Å². The maximum atomic E-state index is 5.70. The average Bonchev–Trinajstić information content (AvgIpc) is 2.48. The molecule has 20 heavy (non-hydrogen) atoms. The molecule has 0 spiro atoms. The number of nitrogens with zero attached hydrogens (tertiary/aromatic N) is 1. The van der Waals surface area contributed by atoms with Gasteiger partial charge in [-0.1, -0.05) is 46.3 Å². The first-order valence-electron chi connectivity index (χ1n) is 6.19. The molecule has 0 bridgehead atoms. The quantitative estimate of drug-likeness (QED) is 0.302. The van der Waals surface area contributed by atoms with Gasteiger partial charge in [0.2, 0.25) is 0 Å². The van der Waals surface area contributed by atoms with Crippen LogP contribution in [0.1, 0.15) is 0 Å². The molecule has 0 fully saturated rings. The number of hydrogen-bond acceptors (Lipinski definition) is 1. The minimum Gasteiger partial charge on any atom is -0.386 e. The Morgan fingerprint density at radius 3 is 2.55 bits per heavy atom. The number of fused-ring (bicyclic) bond motifs is 3. The highest BCUT2D eigenvalue weighted by Crippen LogP contribution is 2.33. The molecule has 3 rings (SSSR count). The van der Waals surface area contributed by atoms with Crippen molar-refractivity contribution in [3.63, 3.8) is 0 Å². The molecule has 2 nitrogen and oxygen atoms in total. The van der Waals surface area contributed by atoms with E-state index in [0.717, 1.165) is 15.5 Å². The molecule has 0 saturated carbocycles. The summed E-state index contributed by atoms with van der Waals surface area (Å²) in [5.74, 6) is 0.659. The van der Waals surface area contributed by atoms with Gasteiger partial charge in [-0.05, 0) is 39.7 Å². The largest absolute Gasteiger partial charge is 0.386 e. The van der Waals surface area contributed by atoms with Gasteiger partial charge in [0.05, 0.1) is 11.6 Å². The number of benzene rings is 3. The number of alkyl halides is 1. The van der Waals surface area contributed by atoms with E-state index < -0.39 is 0 Å². The van der Waals surface area contributed by atoms with Gasteiger partial charge in [-0.3, -0.25) is 0 Å². The summed E-state index contributed by atoms with van der Waals surface area (Å²) >= 11 is 9.30. The van der Waals surface area contributed by atoms with Crippen molar-refractivity contribution in [2.24, 2.45) is 10.7 Å². The Kier molecular flexibility index (Phi) is 3.64. The lowest BCUT2D eigenvalue weighted by molar-refractivity contribution is 1.47. The molecule has 3 aromatic carbocycles. The summed E-state index contributed by atoms with van der Waals surface area (Å²) in [6.07, 6.45) is 0. The van der Waals surface area contributed by atoms with E-state index in [1.54, 1.807) is 0 Å². The Bertz CT molecular complexity index is 827. The second-order valence-corrected chi connectivity index (χ2v) is 5.67. The highest BCUT2D eigenvalue weighted by Gasteiger charge is 2.05. The monoisotopic (exact) mass is 346 g/mol. The Morgan fingerprint density at radius 2 is 1.80 bits per heavy atom. The van der Waals surface area contributed by atoms with Gasteiger partial charge in [0.25, 0.3) is 0 Å². The Balaban J connectivity index is 2.33. The van der Waals surface area contributed by atoms with E-state index in [2.05, 4.69) is 39.1 Å². The van der Waals surface area contributed by atoms with Crippen LogP contribution in [0.4, 0.5) is 5.69 Å². The van der Waals surface area contributed by atoms with Crippen molar-refractivity contribution in [1.82, 2.24) is 0 Å². The SMILES string of the molecule is NC(CCl)=Nc1ccc2cc(Br)c3ccccc3c2c1. The first-order chi connectivity index (χ1) is 9.69. The van der Waals surface area contributed by atoms with Crippen LogP contribution in [0.5, 0.6) is 0 Å². The fourth-order valence-corrected chi connectivity index (χ4v) is 2.96. The van der Waals surface area contributed by atoms with E-state index >= 15 is 0 Å². The van der Waals surface area contributed by atoms with E-state index in [9.17, 15) is 0 Å². The van der Waals surface area contributed by atoms with Crippen molar-refractivity contribution in [2.75, 3.05) is 5.88 Å². The van der Waals surface area contributed by atoms with Crippen LogP contribution in [0.2, 0.25) is 0 Å². The van der Waals surface area contributed by atoms with Crippen LogP contribution >= 0.6 is 27.5 Å². The summed E-state index contributed by atoms with van der Waals surface area (Å²) in [5.41, 5.74) is 6.52. The predicted octanol–water partition coefficient (Wildman–Crippen LogP) is 4.98. The van der Waals surface area contributed by atoms with Crippen LogP contribution in [0.25, 0.3) is 21.5 Å². The third kappa shape index (κ3) is 2.39. The molecule has 0 radical (unpaired) electrons. The second kappa shape index (κ2) is 5.43. The van der Waals surface area contributed by atoms with Crippen LogP contribution in [0.15, 0.2) is 58.0 Å². The summed E-state index contributed by atoms with van der Waals surface area (Å²) < 4.78 is 1.09. The fourth-order valence-electron chi connectivity index (χ4n) is 2.31. The van der Waals surface area contributed by atoms with Crippen molar-refractivity contribution < 1.29 is 0 Å². The molecule has 0 aromatic heterocycles. The Labute approximate surface area is 130 Å². The number of nitrogens with two attached hydrogens (primary N) is 1. The zero-order valence-electron chi connectivity index (χ0n) is 10.6. The lowest BCUT2D eigenvalue weighted by Crippen LogP contribution is -2.12. The number of halogens is 2. The van der Waals surface area contributed by atoms with Gasteiger partial charge in [0, 0.05) is 4.47 Å². The smallest absolute Gasteiger partial charge is 0.115 e. The summed E-state index contributed by atoms with van der Waals surface area (Å²) in [7, 11) is 0. The minimum absolute atomic E-state index is 0.235. The topological polar surface area (TPSA) is 38.4 Å². The third-order valence-corrected chi connectivity index (χ3v) is 4.13. The van der Waals surface area contributed by atoms with Crippen molar-refractivity contribution in [3.8, 4) is 0 Å². The molecule has 2 N–H and O–H groups in total. The van der Waals surface area contributed by atoms with Gasteiger partial charge >= 0.3 is 0 Å². The summed E-state index contributed by atoms with van der Waals surface area (Å²) in [6.45, 7) is 0. The standard InChI is InChI=1S/C16H12BrClN2/c17-15-7-10-5-6-11(20-16(19)9-18)8-14(10)12-3-1-2-4-13(12)15/h1-8H,9H2,(H2,19,20). The Morgan fingerprint density at radius 1 is 1.05 bits per heavy atom. The molecular formula is C16H12BrClN2. The molecular weight excluding hydrogens is 336 g/mol. The van der Waals surface area contributed by atoms with Gasteiger partial charge in [0.15, 0.2) is 0 Å². The van der Waals surface area contributed by atoms with E-state index in [0.29, 0.717) is 5.84 Å². The van der Waals surface area contributed by atoms with Crippen LogP contribution in [0, 0.1) is 0 Å². The molecule has 0 heterocycles. The van der Waals surface area contributed by atoms with Gasteiger partial charge in [0.1, 0.15) is 5.84 Å². The summed E-state index contributed by atoms with van der Waals surface area (Å²) in [5, 5.41) is 4.70.